The third kappa shape index (κ3) is 5.18. The summed E-state index contributed by atoms with van der Waals surface area (Å²) in [6.45, 7) is 15.4. The molecular formula is C25H38N4. The average molecular weight is 395 g/mol. The van der Waals surface area contributed by atoms with Crippen LogP contribution in [0.15, 0.2) is 30.3 Å². The number of nitrogens with zero attached hydrogens (tertiary/aromatic N) is 3. The second-order valence-corrected chi connectivity index (χ2v) is 8.03. The van der Waals surface area contributed by atoms with Crippen molar-refractivity contribution in [1.82, 2.24) is 19.8 Å². The fourth-order valence-electron chi connectivity index (χ4n) is 4.31. The molecule has 0 spiro atoms. The average Bonchev–Trinajstić information content (AvgIpc) is 3.06. The van der Waals surface area contributed by atoms with Crippen molar-refractivity contribution in [3.8, 4) is 0 Å². The third-order valence-electron chi connectivity index (χ3n) is 5.99. The van der Waals surface area contributed by atoms with E-state index in [1.54, 1.807) is 0 Å². The Hall–Kier alpha value is -1.91. The van der Waals surface area contributed by atoms with Gasteiger partial charge in [-0.3, -0.25) is 4.98 Å². The molecule has 0 aliphatic rings. The number of rotatable bonds is 12. The van der Waals surface area contributed by atoms with Crippen LogP contribution in [0.3, 0.4) is 0 Å². The molecule has 0 aliphatic heterocycles. The number of pyridine rings is 1. The van der Waals surface area contributed by atoms with E-state index < -0.39 is 0 Å². The smallest absolute Gasteiger partial charge is 0.0707 e. The molecule has 0 saturated carbocycles. The van der Waals surface area contributed by atoms with Gasteiger partial charge in [0.15, 0.2) is 0 Å². The lowest BCUT2D eigenvalue weighted by atomic mass is 10.1. The summed E-state index contributed by atoms with van der Waals surface area (Å²) in [5, 5.41) is 6.31. The van der Waals surface area contributed by atoms with Crippen molar-refractivity contribution in [2.24, 2.45) is 0 Å². The van der Waals surface area contributed by atoms with Gasteiger partial charge in [-0.15, -0.1) is 0 Å². The maximum atomic E-state index is 4.95. The summed E-state index contributed by atoms with van der Waals surface area (Å²) in [5.74, 6) is 0. The van der Waals surface area contributed by atoms with E-state index >= 15 is 0 Å². The Balaban J connectivity index is 1.70. The molecular weight excluding hydrogens is 356 g/mol. The van der Waals surface area contributed by atoms with Crippen molar-refractivity contribution in [2.45, 2.75) is 66.5 Å². The number of aryl methyl sites for hydroxylation is 2. The van der Waals surface area contributed by atoms with Crippen LogP contribution in [0, 0.1) is 6.92 Å². The minimum atomic E-state index is 0.844. The third-order valence-corrected chi connectivity index (χ3v) is 5.99. The zero-order chi connectivity index (χ0) is 20.6. The monoisotopic (exact) mass is 394 g/mol. The Kier molecular flexibility index (Phi) is 8.08. The number of hydrogen-bond donors (Lipinski definition) is 1. The minimum Gasteiger partial charge on any atom is -0.339 e. The zero-order valence-electron chi connectivity index (χ0n) is 18.8. The molecule has 0 unspecified atom stereocenters. The van der Waals surface area contributed by atoms with Crippen molar-refractivity contribution in [2.75, 3.05) is 26.2 Å². The molecule has 0 atom stereocenters. The van der Waals surface area contributed by atoms with Crippen LogP contribution >= 0.6 is 0 Å². The molecule has 0 radical (unpaired) electrons. The number of aromatic nitrogens is 2. The molecule has 0 aliphatic carbocycles. The molecule has 0 bridgehead atoms. The van der Waals surface area contributed by atoms with Gasteiger partial charge in [-0.05, 0) is 64.5 Å². The van der Waals surface area contributed by atoms with Gasteiger partial charge in [0.05, 0.1) is 16.9 Å². The van der Waals surface area contributed by atoms with Crippen LogP contribution < -0.4 is 5.32 Å². The van der Waals surface area contributed by atoms with Crippen LogP contribution in [-0.2, 0) is 13.1 Å². The van der Waals surface area contributed by atoms with Gasteiger partial charge in [0.2, 0.25) is 0 Å². The van der Waals surface area contributed by atoms with Crippen LogP contribution in [0.1, 0.15) is 57.8 Å². The fourth-order valence-corrected chi connectivity index (χ4v) is 4.31. The van der Waals surface area contributed by atoms with Gasteiger partial charge in [0.1, 0.15) is 0 Å². The minimum absolute atomic E-state index is 0.844. The van der Waals surface area contributed by atoms with Gasteiger partial charge in [-0.1, -0.05) is 45.4 Å². The SMILES string of the molecule is CCCCn1c2ccccc2c2cc(CNCCCCN(CC)CC)nc(C)c21. The number of benzene rings is 1. The molecule has 29 heavy (non-hydrogen) atoms. The Morgan fingerprint density at radius 2 is 1.79 bits per heavy atom. The lowest BCUT2D eigenvalue weighted by Crippen LogP contribution is -2.25. The summed E-state index contributed by atoms with van der Waals surface area (Å²) in [7, 11) is 0. The summed E-state index contributed by atoms with van der Waals surface area (Å²) in [6.07, 6.45) is 4.87. The molecule has 0 fully saturated rings. The molecule has 158 valence electrons. The molecule has 0 saturated heterocycles. The lowest BCUT2D eigenvalue weighted by molar-refractivity contribution is 0.296. The number of hydrogen-bond acceptors (Lipinski definition) is 3. The maximum absolute atomic E-state index is 4.95. The van der Waals surface area contributed by atoms with Crippen molar-refractivity contribution in [3.05, 3.63) is 41.7 Å². The quantitative estimate of drug-likeness (QED) is 0.411. The first-order valence-electron chi connectivity index (χ1n) is 11.5. The first kappa shape index (κ1) is 21.8. The first-order valence-corrected chi connectivity index (χ1v) is 11.5. The normalized spacial score (nSPS) is 11.9. The summed E-state index contributed by atoms with van der Waals surface area (Å²) >= 11 is 0. The second-order valence-electron chi connectivity index (χ2n) is 8.03. The number of para-hydroxylation sites is 1. The van der Waals surface area contributed by atoms with E-state index in [1.807, 2.05) is 0 Å². The fraction of sp³-hybridized carbons (Fsp3) is 0.560. The Labute approximate surface area is 176 Å². The molecule has 2 heterocycles. The molecule has 1 aromatic carbocycles. The summed E-state index contributed by atoms with van der Waals surface area (Å²) in [4.78, 5) is 7.44. The van der Waals surface area contributed by atoms with Gasteiger partial charge in [-0.2, -0.15) is 0 Å². The van der Waals surface area contributed by atoms with E-state index in [9.17, 15) is 0 Å². The van der Waals surface area contributed by atoms with Crippen LogP contribution in [-0.4, -0.2) is 40.6 Å². The summed E-state index contributed by atoms with van der Waals surface area (Å²) in [6, 6.07) is 11.1. The van der Waals surface area contributed by atoms with Crippen LogP contribution in [0.25, 0.3) is 21.8 Å². The predicted molar refractivity (Wildman–Crippen MR) is 126 cm³/mol. The predicted octanol–water partition coefficient (Wildman–Crippen LogP) is 5.51. The van der Waals surface area contributed by atoms with E-state index in [-0.39, 0.29) is 0 Å². The highest BCUT2D eigenvalue weighted by molar-refractivity contribution is 6.08. The topological polar surface area (TPSA) is 33.1 Å². The van der Waals surface area contributed by atoms with Gasteiger partial charge in [0.25, 0.3) is 0 Å². The van der Waals surface area contributed by atoms with Gasteiger partial charge < -0.3 is 14.8 Å². The highest BCUT2D eigenvalue weighted by atomic mass is 15.1. The largest absolute Gasteiger partial charge is 0.339 e. The lowest BCUT2D eigenvalue weighted by Gasteiger charge is -2.17. The number of nitrogens with one attached hydrogen (secondary N) is 1. The zero-order valence-corrected chi connectivity index (χ0v) is 18.8. The van der Waals surface area contributed by atoms with Crippen molar-refractivity contribution in [1.29, 1.82) is 0 Å². The summed E-state index contributed by atoms with van der Waals surface area (Å²) in [5.41, 5.74) is 4.94. The Morgan fingerprint density at radius 3 is 2.55 bits per heavy atom. The molecule has 3 rings (SSSR count). The Morgan fingerprint density at radius 1 is 1.00 bits per heavy atom. The van der Waals surface area contributed by atoms with E-state index in [0.29, 0.717) is 0 Å². The molecule has 4 nitrogen and oxygen atoms in total. The molecule has 2 aromatic heterocycles. The standard InChI is InChI=1S/C25H38N4/c1-5-8-17-29-24-14-10-9-13-22(24)23-18-21(27-20(4)25(23)29)19-26-15-11-12-16-28(6-2)7-3/h9-10,13-14,18,26H,5-8,11-12,15-17,19H2,1-4H3. The molecule has 4 heteroatoms. The van der Waals surface area contributed by atoms with E-state index in [0.717, 1.165) is 44.1 Å². The summed E-state index contributed by atoms with van der Waals surface area (Å²) < 4.78 is 2.47. The van der Waals surface area contributed by atoms with Crippen molar-refractivity contribution < 1.29 is 0 Å². The molecule has 3 aromatic rings. The van der Waals surface area contributed by atoms with E-state index in [2.05, 4.69) is 72.8 Å². The van der Waals surface area contributed by atoms with Gasteiger partial charge in [0, 0.05) is 29.4 Å². The highest BCUT2D eigenvalue weighted by Gasteiger charge is 2.14. The number of unbranched alkanes of at least 4 members (excludes halogenated alkanes) is 2. The van der Waals surface area contributed by atoms with Gasteiger partial charge in [-0.25, -0.2) is 0 Å². The van der Waals surface area contributed by atoms with Gasteiger partial charge >= 0.3 is 0 Å². The van der Waals surface area contributed by atoms with E-state index in [4.69, 9.17) is 4.98 Å². The first-order chi connectivity index (χ1) is 14.2. The van der Waals surface area contributed by atoms with Crippen LogP contribution in [0.4, 0.5) is 0 Å². The highest BCUT2D eigenvalue weighted by Crippen LogP contribution is 2.31. The van der Waals surface area contributed by atoms with Crippen molar-refractivity contribution in [3.63, 3.8) is 0 Å². The molecule has 1 N–H and O–H groups in total. The Bertz CT molecular complexity index is 908. The van der Waals surface area contributed by atoms with Crippen LogP contribution in [0.5, 0.6) is 0 Å². The van der Waals surface area contributed by atoms with Crippen LogP contribution in [0.2, 0.25) is 0 Å². The number of fused-ring (bicyclic) bond motifs is 3. The second kappa shape index (κ2) is 10.7. The maximum Gasteiger partial charge on any atom is 0.0707 e. The molecule has 0 amide bonds. The van der Waals surface area contributed by atoms with E-state index in [1.165, 1.54) is 54.0 Å². The van der Waals surface area contributed by atoms with Crippen molar-refractivity contribution >= 4 is 21.8 Å².